The first-order valence-corrected chi connectivity index (χ1v) is 11.0. The van der Waals surface area contributed by atoms with Crippen LogP contribution >= 0.6 is 0 Å². The van der Waals surface area contributed by atoms with E-state index in [-0.39, 0.29) is 17.0 Å². The van der Waals surface area contributed by atoms with Crippen molar-refractivity contribution in [3.8, 4) is 0 Å². The van der Waals surface area contributed by atoms with Crippen molar-refractivity contribution in [1.29, 1.82) is 0 Å². The molecule has 152 valence electrons. The molecule has 1 aromatic rings. The molecule has 0 aromatic carbocycles. The third kappa shape index (κ3) is 13.7. The summed E-state index contributed by atoms with van der Waals surface area (Å²) in [6.07, 6.45) is 21.9. The summed E-state index contributed by atoms with van der Waals surface area (Å²) in [4.78, 5) is 0. The smallest absolute Gasteiger partial charge is 0.181 e. The maximum Gasteiger partial charge on any atom is 0.181 e. The van der Waals surface area contributed by atoms with Gasteiger partial charge in [0.25, 0.3) is 0 Å². The van der Waals surface area contributed by atoms with Gasteiger partial charge in [0.15, 0.2) is 11.9 Å². The van der Waals surface area contributed by atoms with Crippen LogP contribution in [-0.2, 0) is 13.0 Å². The first kappa shape index (κ1) is 25.6. The standard InChI is InChI=1S/C23H42NO.BrH/c1-2-3-4-5-10-13-18-23-19-14-16-21-24(23)20-15-11-8-6-7-9-12-17-22-25;/h14,16,19,21,25H,2-13,15,17-18,20,22H2,1H3;1H/q+1;/p-1. The molecule has 0 saturated carbocycles. The first-order valence-electron chi connectivity index (χ1n) is 11.0. The summed E-state index contributed by atoms with van der Waals surface area (Å²) in [5.74, 6) is 0. The monoisotopic (exact) mass is 427 g/mol. The Morgan fingerprint density at radius 1 is 0.731 bits per heavy atom. The molecule has 0 radical (unpaired) electrons. The highest BCUT2D eigenvalue weighted by Crippen LogP contribution is 2.10. The van der Waals surface area contributed by atoms with Crippen molar-refractivity contribution in [3.63, 3.8) is 0 Å². The third-order valence-corrected chi connectivity index (χ3v) is 5.13. The number of rotatable bonds is 17. The van der Waals surface area contributed by atoms with Crippen LogP contribution in [0.4, 0.5) is 0 Å². The van der Waals surface area contributed by atoms with E-state index in [1.54, 1.807) is 0 Å². The van der Waals surface area contributed by atoms with Crippen LogP contribution in [0, 0.1) is 0 Å². The minimum Gasteiger partial charge on any atom is -1.00 e. The van der Waals surface area contributed by atoms with Gasteiger partial charge in [-0.3, -0.25) is 0 Å². The van der Waals surface area contributed by atoms with E-state index in [1.807, 2.05) is 0 Å². The van der Waals surface area contributed by atoms with E-state index < -0.39 is 0 Å². The molecule has 0 atom stereocenters. The van der Waals surface area contributed by atoms with E-state index >= 15 is 0 Å². The summed E-state index contributed by atoms with van der Waals surface area (Å²) in [5, 5.41) is 8.77. The second-order valence-electron chi connectivity index (χ2n) is 7.46. The van der Waals surface area contributed by atoms with Gasteiger partial charge in [0, 0.05) is 31.6 Å². The number of hydrogen-bond acceptors (Lipinski definition) is 1. The van der Waals surface area contributed by atoms with Crippen LogP contribution in [0.3, 0.4) is 0 Å². The highest BCUT2D eigenvalue weighted by Gasteiger charge is 2.08. The highest BCUT2D eigenvalue weighted by atomic mass is 79.9. The zero-order chi connectivity index (χ0) is 18.0. The summed E-state index contributed by atoms with van der Waals surface area (Å²) in [5.41, 5.74) is 1.52. The molecule has 0 spiro atoms. The minimum atomic E-state index is 0. The number of halogens is 1. The number of hydrogen-bond donors (Lipinski definition) is 1. The average Bonchev–Trinajstić information content (AvgIpc) is 2.64. The number of nitrogens with zero attached hydrogens (tertiary/aromatic N) is 1. The predicted octanol–water partition coefficient (Wildman–Crippen LogP) is 2.99. The van der Waals surface area contributed by atoms with Gasteiger partial charge in [-0.05, 0) is 19.3 Å². The van der Waals surface area contributed by atoms with E-state index in [1.165, 1.54) is 102 Å². The molecule has 0 unspecified atom stereocenters. The summed E-state index contributed by atoms with van der Waals surface area (Å²) < 4.78 is 2.48. The molecule has 0 aliphatic rings. The molecular weight excluding hydrogens is 386 g/mol. The Balaban J connectivity index is 0.00000625. The van der Waals surface area contributed by atoms with Crippen molar-refractivity contribution in [3.05, 3.63) is 30.1 Å². The summed E-state index contributed by atoms with van der Waals surface area (Å²) >= 11 is 0. The maximum atomic E-state index is 8.77. The Kier molecular flexibility index (Phi) is 19.0. The Morgan fingerprint density at radius 3 is 1.96 bits per heavy atom. The van der Waals surface area contributed by atoms with Crippen LogP contribution in [-0.4, -0.2) is 11.7 Å². The van der Waals surface area contributed by atoms with Crippen LogP contribution in [0.5, 0.6) is 0 Å². The molecule has 0 saturated heterocycles. The van der Waals surface area contributed by atoms with Gasteiger partial charge >= 0.3 is 0 Å². The Bertz CT molecular complexity index is 411. The van der Waals surface area contributed by atoms with Crippen molar-refractivity contribution >= 4 is 0 Å². The predicted molar refractivity (Wildman–Crippen MR) is 108 cm³/mol. The number of aliphatic hydroxyl groups is 1. The fourth-order valence-electron chi connectivity index (χ4n) is 3.50. The van der Waals surface area contributed by atoms with Gasteiger partial charge in [0.05, 0.1) is 0 Å². The van der Waals surface area contributed by atoms with Crippen LogP contribution in [0.15, 0.2) is 24.4 Å². The van der Waals surface area contributed by atoms with Crippen LogP contribution in [0.1, 0.15) is 103 Å². The molecule has 0 bridgehead atoms. The van der Waals surface area contributed by atoms with Gasteiger partial charge in [0.1, 0.15) is 6.54 Å². The van der Waals surface area contributed by atoms with Gasteiger partial charge in [-0.15, -0.1) is 0 Å². The number of aromatic nitrogens is 1. The molecular formula is C23H42BrNO. The van der Waals surface area contributed by atoms with Crippen molar-refractivity contribution in [1.82, 2.24) is 0 Å². The third-order valence-electron chi connectivity index (χ3n) is 5.13. The van der Waals surface area contributed by atoms with E-state index in [0.29, 0.717) is 6.61 Å². The van der Waals surface area contributed by atoms with E-state index in [4.69, 9.17) is 5.11 Å². The lowest BCUT2D eigenvalue weighted by Gasteiger charge is -2.05. The second kappa shape index (κ2) is 19.4. The van der Waals surface area contributed by atoms with Gasteiger partial charge in [-0.1, -0.05) is 77.2 Å². The largest absolute Gasteiger partial charge is 1.00 e. The van der Waals surface area contributed by atoms with E-state index in [9.17, 15) is 0 Å². The van der Waals surface area contributed by atoms with Crippen molar-refractivity contribution in [2.45, 2.75) is 110 Å². The molecule has 0 fully saturated rings. The van der Waals surface area contributed by atoms with Gasteiger partial charge in [-0.2, -0.15) is 0 Å². The minimum absolute atomic E-state index is 0. The topological polar surface area (TPSA) is 24.1 Å². The molecule has 2 nitrogen and oxygen atoms in total. The normalized spacial score (nSPS) is 10.7. The Labute approximate surface area is 173 Å². The SMILES string of the molecule is CCCCCCCCc1cccc[n+]1CCCCCCCCCCO.[Br-]. The van der Waals surface area contributed by atoms with Gasteiger partial charge in [0.2, 0.25) is 0 Å². The van der Waals surface area contributed by atoms with E-state index in [0.717, 1.165) is 6.42 Å². The first-order chi connectivity index (χ1) is 12.4. The van der Waals surface area contributed by atoms with Gasteiger partial charge < -0.3 is 22.1 Å². The lowest BCUT2D eigenvalue weighted by Crippen LogP contribution is -3.00. The quantitative estimate of drug-likeness (QED) is 0.299. The molecule has 1 aromatic heterocycles. The van der Waals surface area contributed by atoms with Crippen molar-refractivity contribution in [2.75, 3.05) is 6.61 Å². The lowest BCUT2D eigenvalue weighted by molar-refractivity contribution is -0.704. The Hall–Kier alpha value is -0.410. The molecule has 0 amide bonds. The van der Waals surface area contributed by atoms with E-state index in [2.05, 4.69) is 35.9 Å². The van der Waals surface area contributed by atoms with Gasteiger partial charge in [-0.25, -0.2) is 4.57 Å². The number of pyridine rings is 1. The fraction of sp³-hybridized carbons (Fsp3) is 0.783. The zero-order valence-electron chi connectivity index (χ0n) is 17.1. The average molecular weight is 428 g/mol. The number of aryl methyl sites for hydroxylation is 2. The summed E-state index contributed by atoms with van der Waals surface area (Å²) in [6.45, 7) is 3.82. The summed E-state index contributed by atoms with van der Waals surface area (Å²) in [7, 11) is 0. The number of aliphatic hydroxyl groups excluding tert-OH is 1. The zero-order valence-corrected chi connectivity index (χ0v) is 18.7. The molecule has 1 rings (SSSR count). The van der Waals surface area contributed by atoms with Crippen molar-refractivity contribution in [2.24, 2.45) is 0 Å². The Morgan fingerprint density at radius 2 is 1.31 bits per heavy atom. The maximum absolute atomic E-state index is 8.77. The fourth-order valence-corrected chi connectivity index (χ4v) is 3.50. The molecule has 1 N–H and O–H groups in total. The molecule has 0 aliphatic carbocycles. The van der Waals surface area contributed by atoms with Crippen LogP contribution in [0.2, 0.25) is 0 Å². The van der Waals surface area contributed by atoms with Crippen LogP contribution < -0.4 is 21.5 Å². The molecule has 1 heterocycles. The summed E-state index contributed by atoms with van der Waals surface area (Å²) in [6, 6.07) is 6.68. The number of unbranched alkanes of at least 4 members (excludes halogenated alkanes) is 12. The second-order valence-corrected chi connectivity index (χ2v) is 7.46. The molecule has 0 aliphatic heterocycles. The molecule has 3 heteroatoms. The van der Waals surface area contributed by atoms with Crippen molar-refractivity contribution < 1.29 is 26.7 Å². The lowest BCUT2D eigenvalue weighted by atomic mass is 10.1. The van der Waals surface area contributed by atoms with Crippen LogP contribution in [0.25, 0.3) is 0 Å². The highest BCUT2D eigenvalue weighted by molar-refractivity contribution is 4.97. The molecule has 26 heavy (non-hydrogen) atoms.